The van der Waals surface area contributed by atoms with Gasteiger partial charge >= 0.3 is 0 Å². The van der Waals surface area contributed by atoms with E-state index in [1.165, 1.54) is 10.9 Å². The van der Waals surface area contributed by atoms with E-state index in [0.29, 0.717) is 17.7 Å². The van der Waals surface area contributed by atoms with Crippen molar-refractivity contribution in [3.8, 4) is 23.0 Å². The van der Waals surface area contributed by atoms with Crippen LogP contribution in [0.3, 0.4) is 0 Å². The van der Waals surface area contributed by atoms with Crippen molar-refractivity contribution in [2.75, 3.05) is 5.32 Å². The molecule has 0 spiro atoms. The number of hydrogen-bond donors (Lipinski definition) is 1. The first-order chi connectivity index (χ1) is 13.6. The number of carbonyl (C=O) groups excluding carboxylic acids is 1. The smallest absolute Gasteiger partial charge is 0.258 e. The molecular formula is C19H13F2N5O2. The Morgan fingerprint density at radius 2 is 1.96 bits per heavy atom. The van der Waals surface area contributed by atoms with E-state index in [1.807, 2.05) is 30.3 Å². The van der Waals surface area contributed by atoms with Gasteiger partial charge in [0, 0.05) is 17.8 Å². The number of nitrogens with zero attached hydrogens (tertiary/aromatic N) is 4. The number of hydrogen-bond acceptors (Lipinski definition) is 5. The van der Waals surface area contributed by atoms with E-state index in [4.69, 9.17) is 4.52 Å². The molecular weight excluding hydrogens is 368 g/mol. The van der Waals surface area contributed by atoms with Gasteiger partial charge in [0.2, 0.25) is 11.7 Å². The molecule has 0 fully saturated rings. The monoisotopic (exact) mass is 381 g/mol. The number of anilines is 1. The highest BCUT2D eigenvalue weighted by Crippen LogP contribution is 2.21. The highest BCUT2D eigenvalue weighted by Gasteiger charge is 2.14. The molecule has 0 saturated carbocycles. The molecule has 2 aromatic carbocycles. The van der Waals surface area contributed by atoms with Gasteiger partial charge in [-0.25, -0.2) is 13.8 Å². The van der Waals surface area contributed by atoms with Gasteiger partial charge < -0.3 is 14.4 Å². The Morgan fingerprint density at radius 3 is 2.75 bits per heavy atom. The Balaban J connectivity index is 1.44. The summed E-state index contributed by atoms with van der Waals surface area (Å²) >= 11 is 0. The van der Waals surface area contributed by atoms with Gasteiger partial charge in [-0.2, -0.15) is 4.98 Å². The molecule has 0 atom stereocenters. The molecule has 0 bridgehead atoms. The van der Waals surface area contributed by atoms with E-state index in [0.717, 1.165) is 17.7 Å². The third kappa shape index (κ3) is 3.78. The van der Waals surface area contributed by atoms with E-state index < -0.39 is 17.5 Å². The van der Waals surface area contributed by atoms with Crippen LogP contribution in [-0.4, -0.2) is 25.6 Å². The number of amides is 1. The normalized spacial score (nSPS) is 10.8. The number of halogens is 2. The fraction of sp³-hybridized carbons (Fsp3) is 0.0526. The minimum atomic E-state index is -0.847. The molecule has 140 valence electrons. The molecule has 9 heteroatoms. The lowest BCUT2D eigenvalue weighted by Gasteiger charge is -2.06. The second-order valence-corrected chi connectivity index (χ2v) is 5.89. The van der Waals surface area contributed by atoms with Gasteiger partial charge in [0.15, 0.2) is 0 Å². The molecule has 2 heterocycles. The molecule has 28 heavy (non-hydrogen) atoms. The van der Waals surface area contributed by atoms with E-state index in [2.05, 4.69) is 20.4 Å². The third-order valence-electron chi connectivity index (χ3n) is 3.84. The summed E-state index contributed by atoms with van der Waals surface area (Å²) in [5, 5.41) is 6.28. The van der Waals surface area contributed by atoms with Crippen LogP contribution in [0, 0.1) is 11.6 Å². The Morgan fingerprint density at radius 1 is 1.14 bits per heavy atom. The lowest BCUT2D eigenvalue weighted by Crippen LogP contribution is -2.18. The highest BCUT2D eigenvalue weighted by molar-refractivity contribution is 5.90. The number of nitrogens with one attached hydrogen (secondary N) is 1. The Labute approximate surface area is 157 Å². The van der Waals surface area contributed by atoms with Crippen molar-refractivity contribution in [3.05, 3.63) is 72.7 Å². The van der Waals surface area contributed by atoms with E-state index in [1.54, 1.807) is 6.20 Å². The molecule has 0 saturated heterocycles. The number of carbonyl (C=O) groups is 1. The van der Waals surface area contributed by atoms with Crippen molar-refractivity contribution >= 4 is 11.6 Å². The fourth-order valence-corrected chi connectivity index (χ4v) is 2.53. The average Bonchev–Trinajstić information content (AvgIpc) is 3.34. The van der Waals surface area contributed by atoms with Crippen molar-refractivity contribution in [1.82, 2.24) is 19.7 Å². The molecule has 4 rings (SSSR count). The van der Waals surface area contributed by atoms with Crippen molar-refractivity contribution in [3.63, 3.8) is 0 Å². The summed E-state index contributed by atoms with van der Waals surface area (Å²) in [5.41, 5.74) is 1.10. The Bertz CT molecular complexity index is 1120. The molecule has 0 aliphatic carbocycles. The second kappa shape index (κ2) is 7.39. The van der Waals surface area contributed by atoms with Crippen LogP contribution >= 0.6 is 0 Å². The maximum absolute atomic E-state index is 13.6. The van der Waals surface area contributed by atoms with Crippen LogP contribution in [0.15, 0.2) is 65.6 Å². The molecule has 0 radical (unpaired) electrons. The third-order valence-corrected chi connectivity index (χ3v) is 3.84. The van der Waals surface area contributed by atoms with Crippen LogP contribution < -0.4 is 5.32 Å². The number of imidazole rings is 1. The van der Waals surface area contributed by atoms with Crippen LogP contribution in [-0.2, 0) is 11.3 Å². The molecule has 2 aromatic heterocycles. The van der Waals surface area contributed by atoms with Gasteiger partial charge in [0.25, 0.3) is 5.89 Å². The summed E-state index contributed by atoms with van der Waals surface area (Å²) in [5.74, 6) is -1.42. The zero-order valence-electron chi connectivity index (χ0n) is 14.3. The van der Waals surface area contributed by atoms with Crippen molar-refractivity contribution in [2.24, 2.45) is 0 Å². The molecule has 0 aliphatic heterocycles. The minimum absolute atomic E-state index is 0.0996. The summed E-state index contributed by atoms with van der Waals surface area (Å²) in [7, 11) is 0. The van der Waals surface area contributed by atoms with Crippen molar-refractivity contribution in [2.45, 2.75) is 6.54 Å². The minimum Gasteiger partial charge on any atom is -0.334 e. The Kier molecular flexibility index (Phi) is 4.63. The maximum Gasteiger partial charge on any atom is 0.258 e. The van der Waals surface area contributed by atoms with Gasteiger partial charge in [-0.3, -0.25) is 4.79 Å². The zero-order chi connectivity index (χ0) is 19.5. The summed E-state index contributed by atoms with van der Waals surface area (Å²) in [4.78, 5) is 20.5. The van der Waals surface area contributed by atoms with Crippen LogP contribution in [0.1, 0.15) is 0 Å². The number of aromatic nitrogens is 4. The predicted molar refractivity (Wildman–Crippen MR) is 95.9 cm³/mol. The topological polar surface area (TPSA) is 85.8 Å². The molecule has 7 nitrogen and oxygen atoms in total. The van der Waals surface area contributed by atoms with Gasteiger partial charge in [-0.05, 0) is 24.3 Å². The molecule has 0 unspecified atom stereocenters. The summed E-state index contributed by atoms with van der Waals surface area (Å²) in [6, 6.07) is 12.2. The van der Waals surface area contributed by atoms with Crippen LogP contribution in [0.4, 0.5) is 14.5 Å². The van der Waals surface area contributed by atoms with Gasteiger partial charge in [-0.1, -0.05) is 23.4 Å². The van der Waals surface area contributed by atoms with Crippen LogP contribution in [0.5, 0.6) is 0 Å². The SMILES string of the molecule is O=C(Cn1cnc(-c2noc(-c3ccccc3)n2)c1)Nc1ccc(F)cc1F. The zero-order valence-corrected chi connectivity index (χ0v) is 14.3. The average molecular weight is 381 g/mol. The van der Waals surface area contributed by atoms with Gasteiger partial charge in [0.1, 0.15) is 23.9 Å². The summed E-state index contributed by atoms with van der Waals surface area (Å²) < 4.78 is 33.3. The largest absolute Gasteiger partial charge is 0.334 e. The van der Waals surface area contributed by atoms with Gasteiger partial charge in [0.05, 0.1) is 12.0 Å². The predicted octanol–water partition coefficient (Wildman–Crippen LogP) is 3.52. The fourth-order valence-electron chi connectivity index (χ4n) is 2.53. The summed E-state index contributed by atoms with van der Waals surface area (Å²) in [6.45, 7) is -0.118. The lowest BCUT2D eigenvalue weighted by atomic mass is 10.2. The maximum atomic E-state index is 13.6. The highest BCUT2D eigenvalue weighted by atomic mass is 19.1. The molecule has 0 aliphatic rings. The number of rotatable bonds is 5. The van der Waals surface area contributed by atoms with Gasteiger partial charge in [-0.15, -0.1) is 0 Å². The van der Waals surface area contributed by atoms with E-state index in [9.17, 15) is 13.6 Å². The number of benzene rings is 2. The standard InChI is InChI=1S/C19H13F2N5O2/c20-13-6-7-15(14(21)8-13)23-17(27)10-26-9-16(22-11-26)18-24-19(28-25-18)12-4-2-1-3-5-12/h1-9,11H,10H2,(H,23,27). The summed E-state index contributed by atoms with van der Waals surface area (Å²) in [6.07, 6.45) is 2.99. The van der Waals surface area contributed by atoms with E-state index >= 15 is 0 Å². The molecule has 4 aromatic rings. The van der Waals surface area contributed by atoms with Crippen molar-refractivity contribution < 1.29 is 18.1 Å². The first kappa shape index (κ1) is 17.5. The molecule has 1 N–H and O–H groups in total. The first-order valence-electron chi connectivity index (χ1n) is 8.24. The van der Waals surface area contributed by atoms with E-state index in [-0.39, 0.29) is 18.1 Å². The molecule has 1 amide bonds. The van der Waals surface area contributed by atoms with Crippen LogP contribution in [0.25, 0.3) is 23.0 Å². The lowest BCUT2D eigenvalue weighted by molar-refractivity contribution is -0.116. The first-order valence-corrected chi connectivity index (χ1v) is 8.24. The second-order valence-electron chi connectivity index (χ2n) is 5.89. The van der Waals surface area contributed by atoms with Crippen molar-refractivity contribution in [1.29, 1.82) is 0 Å². The quantitative estimate of drug-likeness (QED) is 0.572. The van der Waals surface area contributed by atoms with Crippen LogP contribution in [0.2, 0.25) is 0 Å². The Hall–Kier alpha value is -3.88.